The van der Waals surface area contributed by atoms with E-state index in [1.165, 1.54) is 7.11 Å². The zero-order valence-corrected chi connectivity index (χ0v) is 13.7. The van der Waals surface area contributed by atoms with Crippen LogP contribution in [0.25, 0.3) is 0 Å². The van der Waals surface area contributed by atoms with E-state index < -0.39 is 12.0 Å². The molecule has 0 fully saturated rings. The number of rotatable bonds is 5. The molecule has 0 aliphatic heterocycles. The first-order valence-electron chi connectivity index (χ1n) is 6.72. The normalized spacial score (nSPS) is 13.5. The van der Waals surface area contributed by atoms with Gasteiger partial charge in [-0.25, -0.2) is 4.79 Å². The molecular weight excluding hydrogens is 323 g/mol. The third-order valence-electron chi connectivity index (χ3n) is 3.32. The topological polar surface area (TPSA) is 51.2 Å². The first kappa shape index (κ1) is 16.7. The number of pyridine rings is 1. The molecule has 0 radical (unpaired) electrons. The van der Waals surface area contributed by atoms with Crippen LogP contribution in [0.3, 0.4) is 0 Å². The van der Waals surface area contributed by atoms with Gasteiger partial charge in [0.2, 0.25) is 0 Å². The third kappa shape index (κ3) is 3.77. The summed E-state index contributed by atoms with van der Waals surface area (Å²) in [6.45, 7) is 1.91. The SMILES string of the molecule is COC(=O)[C@@H](N[C@H](C)c1cccc(Cl)c1Cl)c1cccnc1. The Balaban J connectivity index is 2.27. The average molecular weight is 339 g/mol. The number of ether oxygens (including phenoxy) is 1. The molecule has 1 aromatic heterocycles. The van der Waals surface area contributed by atoms with Crippen LogP contribution in [0.15, 0.2) is 42.7 Å². The maximum absolute atomic E-state index is 12.1. The van der Waals surface area contributed by atoms with Crippen LogP contribution < -0.4 is 5.32 Å². The molecule has 1 aromatic carbocycles. The zero-order valence-electron chi connectivity index (χ0n) is 12.2. The number of carbonyl (C=O) groups excluding carboxylic acids is 1. The van der Waals surface area contributed by atoms with Gasteiger partial charge in [0.1, 0.15) is 6.04 Å². The molecule has 0 saturated heterocycles. The lowest BCUT2D eigenvalue weighted by molar-refractivity contribution is -0.143. The molecule has 1 N–H and O–H groups in total. The predicted octanol–water partition coefficient (Wildman–Crippen LogP) is 3.95. The van der Waals surface area contributed by atoms with Crippen molar-refractivity contribution >= 4 is 29.2 Å². The van der Waals surface area contributed by atoms with E-state index in [1.54, 1.807) is 24.5 Å². The third-order valence-corrected chi connectivity index (χ3v) is 4.15. The smallest absolute Gasteiger partial charge is 0.327 e. The van der Waals surface area contributed by atoms with Crippen LogP contribution in [0.5, 0.6) is 0 Å². The fraction of sp³-hybridized carbons (Fsp3) is 0.250. The minimum absolute atomic E-state index is 0.199. The average Bonchev–Trinajstić information content (AvgIpc) is 2.55. The van der Waals surface area contributed by atoms with E-state index in [0.717, 1.165) is 11.1 Å². The van der Waals surface area contributed by atoms with E-state index in [-0.39, 0.29) is 6.04 Å². The Bertz CT molecular complexity index is 650. The highest BCUT2D eigenvalue weighted by molar-refractivity contribution is 6.42. The molecule has 0 aliphatic rings. The lowest BCUT2D eigenvalue weighted by Crippen LogP contribution is -2.32. The summed E-state index contributed by atoms with van der Waals surface area (Å²) < 4.78 is 4.87. The molecule has 4 nitrogen and oxygen atoms in total. The lowest BCUT2D eigenvalue weighted by atomic mass is 10.0. The zero-order chi connectivity index (χ0) is 16.1. The Morgan fingerprint density at radius 2 is 2.05 bits per heavy atom. The van der Waals surface area contributed by atoms with Gasteiger partial charge in [0.25, 0.3) is 0 Å². The largest absolute Gasteiger partial charge is 0.468 e. The van der Waals surface area contributed by atoms with Crippen molar-refractivity contribution in [2.45, 2.75) is 19.0 Å². The van der Waals surface area contributed by atoms with Gasteiger partial charge in [-0.05, 0) is 30.2 Å². The molecule has 0 spiro atoms. The van der Waals surface area contributed by atoms with Gasteiger partial charge in [-0.2, -0.15) is 0 Å². The van der Waals surface area contributed by atoms with Crippen molar-refractivity contribution in [3.05, 3.63) is 63.9 Å². The van der Waals surface area contributed by atoms with Gasteiger partial charge in [0.05, 0.1) is 17.2 Å². The monoisotopic (exact) mass is 338 g/mol. The molecule has 2 aromatic rings. The highest BCUT2D eigenvalue weighted by Gasteiger charge is 2.24. The Morgan fingerprint density at radius 3 is 2.68 bits per heavy atom. The molecule has 116 valence electrons. The summed E-state index contributed by atoms with van der Waals surface area (Å²) in [4.78, 5) is 16.1. The van der Waals surface area contributed by atoms with Crippen molar-refractivity contribution in [2.75, 3.05) is 7.11 Å². The van der Waals surface area contributed by atoms with Crippen molar-refractivity contribution in [3.63, 3.8) is 0 Å². The summed E-state index contributed by atoms with van der Waals surface area (Å²) in [6, 6.07) is 8.15. The fourth-order valence-electron chi connectivity index (χ4n) is 2.16. The summed E-state index contributed by atoms with van der Waals surface area (Å²) in [6.07, 6.45) is 3.27. The Morgan fingerprint density at radius 1 is 1.27 bits per heavy atom. The molecule has 0 saturated carbocycles. The van der Waals surface area contributed by atoms with Gasteiger partial charge in [0.15, 0.2) is 0 Å². The van der Waals surface area contributed by atoms with Crippen LogP contribution in [0.4, 0.5) is 0 Å². The Hall–Kier alpha value is -1.62. The number of halogens is 2. The van der Waals surface area contributed by atoms with Crippen molar-refractivity contribution in [1.82, 2.24) is 10.3 Å². The molecule has 2 atom stereocenters. The van der Waals surface area contributed by atoms with E-state index in [4.69, 9.17) is 27.9 Å². The summed E-state index contributed by atoms with van der Waals surface area (Å²) >= 11 is 12.3. The standard InChI is InChI=1S/C16H16Cl2N2O2/c1-10(12-6-3-7-13(17)14(12)18)20-15(16(21)22-2)11-5-4-8-19-9-11/h3-10,15,20H,1-2H3/t10-,15+/m1/s1. The minimum Gasteiger partial charge on any atom is -0.468 e. The molecule has 0 bridgehead atoms. The number of benzene rings is 1. The number of nitrogens with one attached hydrogen (secondary N) is 1. The first-order chi connectivity index (χ1) is 10.5. The van der Waals surface area contributed by atoms with Crippen LogP contribution in [0.2, 0.25) is 10.0 Å². The molecular formula is C16H16Cl2N2O2. The maximum Gasteiger partial charge on any atom is 0.327 e. The minimum atomic E-state index is -0.635. The van der Waals surface area contributed by atoms with Crippen LogP contribution >= 0.6 is 23.2 Å². The van der Waals surface area contributed by atoms with Crippen molar-refractivity contribution in [1.29, 1.82) is 0 Å². The number of methoxy groups -OCH3 is 1. The summed E-state index contributed by atoms with van der Waals surface area (Å²) in [5.41, 5.74) is 1.53. The van der Waals surface area contributed by atoms with Gasteiger partial charge in [-0.1, -0.05) is 41.4 Å². The number of nitrogens with zero attached hydrogens (tertiary/aromatic N) is 1. The summed E-state index contributed by atoms with van der Waals surface area (Å²) in [5.74, 6) is -0.391. The number of hydrogen-bond acceptors (Lipinski definition) is 4. The quantitative estimate of drug-likeness (QED) is 0.838. The van der Waals surface area contributed by atoms with Gasteiger partial charge in [-0.15, -0.1) is 0 Å². The van der Waals surface area contributed by atoms with E-state index in [0.29, 0.717) is 10.0 Å². The highest BCUT2D eigenvalue weighted by Crippen LogP contribution is 2.31. The van der Waals surface area contributed by atoms with Crippen LogP contribution in [0, 0.1) is 0 Å². The maximum atomic E-state index is 12.1. The predicted molar refractivity (Wildman–Crippen MR) is 87.0 cm³/mol. The van der Waals surface area contributed by atoms with Crippen LogP contribution in [-0.4, -0.2) is 18.1 Å². The fourth-order valence-corrected chi connectivity index (χ4v) is 2.63. The van der Waals surface area contributed by atoms with Gasteiger partial charge < -0.3 is 4.74 Å². The Labute approximate surface area is 139 Å². The van der Waals surface area contributed by atoms with Crippen molar-refractivity contribution < 1.29 is 9.53 Å². The van der Waals surface area contributed by atoms with Crippen molar-refractivity contribution in [2.24, 2.45) is 0 Å². The number of aromatic nitrogens is 1. The molecule has 0 amide bonds. The molecule has 1 heterocycles. The van der Waals surface area contributed by atoms with Crippen LogP contribution in [0.1, 0.15) is 30.1 Å². The second-order valence-electron chi connectivity index (χ2n) is 4.77. The van der Waals surface area contributed by atoms with E-state index in [1.807, 2.05) is 25.1 Å². The molecule has 22 heavy (non-hydrogen) atoms. The van der Waals surface area contributed by atoms with Crippen molar-refractivity contribution in [3.8, 4) is 0 Å². The van der Waals surface area contributed by atoms with E-state index >= 15 is 0 Å². The van der Waals surface area contributed by atoms with Crippen LogP contribution in [-0.2, 0) is 9.53 Å². The lowest BCUT2D eigenvalue weighted by Gasteiger charge is -2.22. The molecule has 0 aliphatic carbocycles. The van der Waals surface area contributed by atoms with E-state index in [2.05, 4.69) is 10.3 Å². The Kier molecular flexibility index (Phi) is 5.77. The summed E-state index contributed by atoms with van der Waals surface area (Å²) in [5, 5.41) is 4.16. The number of hydrogen-bond donors (Lipinski definition) is 1. The summed E-state index contributed by atoms with van der Waals surface area (Å²) in [7, 11) is 1.35. The number of carbonyl (C=O) groups is 1. The van der Waals surface area contributed by atoms with Gasteiger partial charge in [-0.3, -0.25) is 10.3 Å². The van der Waals surface area contributed by atoms with E-state index in [9.17, 15) is 4.79 Å². The highest BCUT2D eigenvalue weighted by atomic mass is 35.5. The first-order valence-corrected chi connectivity index (χ1v) is 7.48. The number of esters is 1. The molecule has 6 heteroatoms. The van der Waals surface area contributed by atoms with Gasteiger partial charge >= 0.3 is 5.97 Å². The second kappa shape index (κ2) is 7.58. The molecule has 0 unspecified atom stereocenters. The second-order valence-corrected chi connectivity index (χ2v) is 5.56. The molecule has 2 rings (SSSR count). The van der Waals surface area contributed by atoms with Gasteiger partial charge in [0, 0.05) is 18.4 Å².